The van der Waals surface area contributed by atoms with Crippen molar-refractivity contribution in [2.75, 3.05) is 20.3 Å². The smallest absolute Gasteiger partial charge is 0.331 e. The Bertz CT molecular complexity index is 763. The number of nitrogens with one attached hydrogen (secondary N) is 1. The number of carbonyl (C=O) groups excluding carboxylic acids is 2. The molecule has 0 heterocycles. The molecule has 0 spiro atoms. The second-order valence-corrected chi connectivity index (χ2v) is 7.02. The molecule has 1 N–H and O–H groups in total. The van der Waals surface area contributed by atoms with Gasteiger partial charge in [0.05, 0.1) is 7.11 Å². The number of methoxy groups -OCH3 is 1. The van der Waals surface area contributed by atoms with E-state index in [-0.39, 0.29) is 12.5 Å². The first kappa shape index (κ1) is 22.3. The van der Waals surface area contributed by atoms with Gasteiger partial charge in [-0.25, -0.2) is 4.79 Å². The lowest BCUT2D eigenvalue weighted by Crippen LogP contribution is -2.38. The highest BCUT2D eigenvalue weighted by Gasteiger charge is 2.19. The fourth-order valence-corrected chi connectivity index (χ4v) is 3.23. The predicted octanol–water partition coefficient (Wildman–Crippen LogP) is 3.24. The number of ether oxygens (including phenoxy) is 3. The van der Waals surface area contributed by atoms with Crippen LogP contribution in [0.1, 0.15) is 44.6 Å². The minimum absolute atomic E-state index is 0.0848. The van der Waals surface area contributed by atoms with Gasteiger partial charge < -0.3 is 19.5 Å². The van der Waals surface area contributed by atoms with E-state index in [0.717, 1.165) is 12.8 Å². The quantitative estimate of drug-likeness (QED) is 0.505. The van der Waals surface area contributed by atoms with Gasteiger partial charge in [-0.3, -0.25) is 4.79 Å². The van der Waals surface area contributed by atoms with Gasteiger partial charge in [-0.15, -0.1) is 0 Å². The lowest BCUT2D eigenvalue weighted by molar-refractivity contribution is -0.150. The molecular formula is C22H28N2O5. The minimum atomic E-state index is -0.855. The van der Waals surface area contributed by atoms with Crippen molar-refractivity contribution in [3.8, 4) is 17.6 Å². The normalized spacial score (nSPS) is 15.3. The second-order valence-electron chi connectivity index (χ2n) is 7.02. The SMILES string of the molecule is COc1cc(/C=C/C(=O)O[C@H](C)C(=O)NCC2CCCCC2)ccc1OCC#N. The van der Waals surface area contributed by atoms with Gasteiger partial charge in [0.25, 0.3) is 5.91 Å². The Morgan fingerprint density at radius 2 is 2.03 bits per heavy atom. The van der Waals surface area contributed by atoms with E-state index in [0.29, 0.717) is 29.5 Å². The number of benzene rings is 1. The van der Waals surface area contributed by atoms with Crippen molar-refractivity contribution in [3.05, 3.63) is 29.8 Å². The highest BCUT2D eigenvalue weighted by atomic mass is 16.5. The Morgan fingerprint density at radius 1 is 1.28 bits per heavy atom. The molecule has 0 bridgehead atoms. The van der Waals surface area contributed by atoms with Gasteiger partial charge in [-0.05, 0) is 49.5 Å². The summed E-state index contributed by atoms with van der Waals surface area (Å²) in [5, 5.41) is 11.5. The Balaban J connectivity index is 1.83. The van der Waals surface area contributed by atoms with Gasteiger partial charge in [0.1, 0.15) is 6.07 Å². The van der Waals surface area contributed by atoms with E-state index in [1.54, 1.807) is 31.2 Å². The summed E-state index contributed by atoms with van der Waals surface area (Å²) >= 11 is 0. The monoisotopic (exact) mass is 400 g/mol. The van der Waals surface area contributed by atoms with Gasteiger partial charge in [-0.1, -0.05) is 25.3 Å². The van der Waals surface area contributed by atoms with E-state index in [1.807, 2.05) is 6.07 Å². The standard InChI is InChI=1S/C22H28N2O5/c1-16(22(26)24-15-18-6-4-3-5-7-18)29-21(25)11-9-17-8-10-19(28-13-12-23)20(14-17)27-2/h8-11,14,16,18H,3-7,13,15H2,1-2H3,(H,24,26)/b11-9+/t16-/m1/s1. The molecule has 2 rings (SSSR count). The third kappa shape index (κ3) is 7.49. The topological polar surface area (TPSA) is 97.7 Å². The van der Waals surface area contributed by atoms with Crippen molar-refractivity contribution in [3.63, 3.8) is 0 Å². The van der Waals surface area contributed by atoms with Crippen LogP contribution in [-0.2, 0) is 14.3 Å². The molecule has 156 valence electrons. The first-order valence-corrected chi connectivity index (χ1v) is 9.87. The van der Waals surface area contributed by atoms with Crippen LogP contribution in [0, 0.1) is 17.2 Å². The second kappa shape index (κ2) is 11.7. The summed E-state index contributed by atoms with van der Waals surface area (Å²) in [5.74, 6) is 0.529. The number of hydrogen-bond acceptors (Lipinski definition) is 6. The van der Waals surface area contributed by atoms with Gasteiger partial charge >= 0.3 is 5.97 Å². The van der Waals surface area contributed by atoms with Crippen molar-refractivity contribution in [2.45, 2.75) is 45.1 Å². The summed E-state index contributed by atoms with van der Waals surface area (Å²) in [5.41, 5.74) is 0.692. The molecule has 1 aromatic rings. The fraction of sp³-hybridized carbons (Fsp3) is 0.500. The van der Waals surface area contributed by atoms with Crippen LogP contribution in [0.15, 0.2) is 24.3 Å². The van der Waals surface area contributed by atoms with Gasteiger partial charge in [0.15, 0.2) is 24.2 Å². The predicted molar refractivity (Wildman–Crippen MR) is 108 cm³/mol. The molecule has 0 unspecified atom stereocenters. The van der Waals surface area contributed by atoms with Crippen LogP contribution in [0.25, 0.3) is 6.08 Å². The Labute approximate surface area is 171 Å². The maximum Gasteiger partial charge on any atom is 0.331 e. The average Bonchev–Trinajstić information content (AvgIpc) is 2.75. The molecule has 7 nitrogen and oxygen atoms in total. The van der Waals surface area contributed by atoms with Gasteiger partial charge in [-0.2, -0.15) is 5.26 Å². The van der Waals surface area contributed by atoms with Crippen molar-refractivity contribution < 1.29 is 23.8 Å². The number of hydrogen-bond donors (Lipinski definition) is 1. The minimum Gasteiger partial charge on any atom is -0.493 e. The zero-order valence-corrected chi connectivity index (χ0v) is 17.0. The average molecular weight is 400 g/mol. The number of carbonyl (C=O) groups is 2. The van der Waals surface area contributed by atoms with E-state index < -0.39 is 12.1 Å². The third-order valence-electron chi connectivity index (χ3n) is 4.84. The molecule has 7 heteroatoms. The maximum absolute atomic E-state index is 12.1. The summed E-state index contributed by atoms with van der Waals surface area (Å²) in [6.45, 7) is 2.11. The van der Waals surface area contributed by atoms with Crippen molar-refractivity contribution in [1.82, 2.24) is 5.32 Å². The highest BCUT2D eigenvalue weighted by Crippen LogP contribution is 2.28. The molecule has 1 aromatic carbocycles. The number of rotatable bonds is 9. The van der Waals surface area contributed by atoms with E-state index >= 15 is 0 Å². The number of nitriles is 1. The summed E-state index contributed by atoms with van der Waals surface area (Å²) in [7, 11) is 1.49. The number of amides is 1. The van der Waals surface area contributed by atoms with E-state index in [4.69, 9.17) is 19.5 Å². The summed E-state index contributed by atoms with van der Waals surface area (Å²) in [4.78, 5) is 24.2. The number of nitrogens with zero attached hydrogens (tertiary/aromatic N) is 1. The van der Waals surface area contributed by atoms with Crippen molar-refractivity contribution >= 4 is 18.0 Å². The van der Waals surface area contributed by atoms with Crippen LogP contribution in [0.4, 0.5) is 0 Å². The van der Waals surface area contributed by atoms with Crippen LogP contribution in [0.5, 0.6) is 11.5 Å². The van der Waals surface area contributed by atoms with Crippen LogP contribution in [0.3, 0.4) is 0 Å². The molecule has 0 aliphatic heterocycles. The Hall–Kier alpha value is -3.01. The largest absolute Gasteiger partial charge is 0.493 e. The summed E-state index contributed by atoms with van der Waals surface area (Å²) in [6.07, 6.45) is 7.94. The molecule has 1 aliphatic rings. The van der Waals surface area contributed by atoms with Crippen molar-refractivity contribution in [2.24, 2.45) is 5.92 Å². The molecule has 1 atom stereocenters. The molecular weight excluding hydrogens is 372 g/mol. The van der Waals surface area contributed by atoms with Crippen LogP contribution >= 0.6 is 0 Å². The molecule has 0 radical (unpaired) electrons. The van der Waals surface area contributed by atoms with Gasteiger partial charge in [0, 0.05) is 12.6 Å². The van der Waals surface area contributed by atoms with Crippen LogP contribution in [0.2, 0.25) is 0 Å². The summed E-state index contributed by atoms with van der Waals surface area (Å²) < 4.78 is 15.7. The van der Waals surface area contributed by atoms with Gasteiger partial charge in [0.2, 0.25) is 0 Å². The molecule has 1 fully saturated rings. The zero-order chi connectivity index (χ0) is 21.1. The molecule has 29 heavy (non-hydrogen) atoms. The third-order valence-corrected chi connectivity index (χ3v) is 4.84. The Morgan fingerprint density at radius 3 is 2.72 bits per heavy atom. The molecule has 0 aromatic heterocycles. The van der Waals surface area contributed by atoms with Crippen molar-refractivity contribution in [1.29, 1.82) is 5.26 Å². The first-order chi connectivity index (χ1) is 14.0. The van der Waals surface area contributed by atoms with Crippen LogP contribution in [-0.4, -0.2) is 38.2 Å². The molecule has 1 aliphatic carbocycles. The van der Waals surface area contributed by atoms with E-state index in [2.05, 4.69) is 5.32 Å². The summed E-state index contributed by atoms with van der Waals surface area (Å²) in [6, 6.07) is 6.95. The number of esters is 1. The molecule has 1 saturated carbocycles. The maximum atomic E-state index is 12.1. The van der Waals surface area contributed by atoms with Crippen LogP contribution < -0.4 is 14.8 Å². The van der Waals surface area contributed by atoms with E-state index in [1.165, 1.54) is 32.4 Å². The zero-order valence-electron chi connectivity index (χ0n) is 17.0. The molecule has 0 saturated heterocycles. The van der Waals surface area contributed by atoms with E-state index in [9.17, 15) is 9.59 Å². The lowest BCUT2D eigenvalue weighted by atomic mass is 9.89. The fourth-order valence-electron chi connectivity index (χ4n) is 3.23. The lowest BCUT2D eigenvalue weighted by Gasteiger charge is -2.22. The highest BCUT2D eigenvalue weighted by molar-refractivity contribution is 5.90. The Kier molecular flexibility index (Phi) is 9.03. The first-order valence-electron chi connectivity index (χ1n) is 9.87. The molecule has 1 amide bonds.